The standard InChI is InChI=1S/C45H32N2/c1-5-15-33(16-6-1)45(34-17-7-2-8-18-34)41-24-14-13-23-39(41)44-40-31-32-46(43(40)30-29-42(44)45)35-25-27-38(28-26-35)47(36-19-9-3-10-20-36)37-21-11-4-12-22-37/h1-32H. The second kappa shape index (κ2) is 11.0. The number of hydrogen-bond donors (Lipinski definition) is 0. The molecule has 9 rings (SSSR count). The normalized spacial score (nSPS) is 12.9. The molecule has 0 unspecified atom stereocenters. The van der Waals surface area contributed by atoms with Crippen LogP contribution in [0.25, 0.3) is 27.7 Å². The highest BCUT2D eigenvalue weighted by Gasteiger charge is 2.46. The van der Waals surface area contributed by atoms with E-state index < -0.39 is 5.41 Å². The van der Waals surface area contributed by atoms with Crippen molar-refractivity contribution in [1.82, 2.24) is 4.57 Å². The van der Waals surface area contributed by atoms with Gasteiger partial charge in [-0.1, -0.05) is 127 Å². The predicted molar refractivity (Wildman–Crippen MR) is 195 cm³/mol. The topological polar surface area (TPSA) is 8.17 Å². The van der Waals surface area contributed by atoms with E-state index in [9.17, 15) is 0 Å². The van der Waals surface area contributed by atoms with E-state index >= 15 is 0 Å². The average molecular weight is 601 g/mol. The summed E-state index contributed by atoms with van der Waals surface area (Å²) in [6.07, 6.45) is 2.22. The van der Waals surface area contributed by atoms with Crippen molar-refractivity contribution in [2.24, 2.45) is 0 Å². The molecule has 0 fully saturated rings. The van der Waals surface area contributed by atoms with Gasteiger partial charge in [-0.3, -0.25) is 0 Å². The number of benzene rings is 7. The lowest BCUT2D eigenvalue weighted by molar-refractivity contribution is 0.769. The number of aromatic nitrogens is 1. The highest BCUT2D eigenvalue weighted by Crippen LogP contribution is 2.57. The van der Waals surface area contributed by atoms with Crippen LogP contribution < -0.4 is 4.90 Å². The minimum absolute atomic E-state index is 0.398. The zero-order chi connectivity index (χ0) is 31.2. The Morgan fingerprint density at radius 1 is 0.404 bits per heavy atom. The summed E-state index contributed by atoms with van der Waals surface area (Å²) in [6, 6.07) is 68.0. The molecule has 0 saturated heterocycles. The number of rotatable bonds is 6. The van der Waals surface area contributed by atoms with Crippen molar-refractivity contribution >= 4 is 28.0 Å². The molecule has 0 N–H and O–H groups in total. The van der Waals surface area contributed by atoms with Gasteiger partial charge in [0.1, 0.15) is 0 Å². The number of hydrogen-bond acceptors (Lipinski definition) is 1. The molecule has 1 aromatic heterocycles. The number of nitrogens with zero attached hydrogens (tertiary/aromatic N) is 2. The van der Waals surface area contributed by atoms with E-state index in [0.717, 1.165) is 22.7 Å². The van der Waals surface area contributed by atoms with E-state index in [2.05, 4.69) is 204 Å². The summed E-state index contributed by atoms with van der Waals surface area (Å²) < 4.78 is 2.32. The first-order chi connectivity index (χ1) is 23.3. The molecule has 8 aromatic rings. The van der Waals surface area contributed by atoms with Crippen LogP contribution >= 0.6 is 0 Å². The van der Waals surface area contributed by atoms with E-state index in [1.54, 1.807) is 0 Å². The summed E-state index contributed by atoms with van der Waals surface area (Å²) in [5.74, 6) is 0. The van der Waals surface area contributed by atoms with Crippen molar-refractivity contribution in [3.8, 4) is 16.8 Å². The van der Waals surface area contributed by atoms with Gasteiger partial charge < -0.3 is 9.47 Å². The fourth-order valence-corrected chi connectivity index (χ4v) is 7.75. The predicted octanol–water partition coefficient (Wildman–Crippen LogP) is 11.5. The van der Waals surface area contributed by atoms with Crippen molar-refractivity contribution in [2.75, 3.05) is 4.90 Å². The van der Waals surface area contributed by atoms with Crippen molar-refractivity contribution in [1.29, 1.82) is 0 Å². The first-order valence-corrected chi connectivity index (χ1v) is 16.2. The van der Waals surface area contributed by atoms with Gasteiger partial charge in [0.15, 0.2) is 0 Å². The van der Waals surface area contributed by atoms with Gasteiger partial charge in [-0.25, -0.2) is 0 Å². The molecule has 0 atom stereocenters. The van der Waals surface area contributed by atoms with Gasteiger partial charge in [-0.05, 0) is 94.0 Å². The van der Waals surface area contributed by atoms with Gasteiger partial charge in [0.2, 0.25) is 0 Å². The lowest BCUT2D eigenvalue weighted by Crippen LogP contribution is -2.28. The molecular formula is C45H32N2. The van der Waals surface area contributed by atoms with E-state index in [1.807, 2.05) is 0 Å². The SMILES string of the molecule is c1ccc(N(c2ccccc2)c2ccc(-n3ccc4c5c(ccc43)C(c3ccccc3)(c3ccccc3)c3ccccc3-5)cc2)cc1. The molecule has 0 spiro atoms. The minimum Gasteiger partial charge on any atom is -0.317 e. The molecule has 0 amide bonds. The molecule has 1 aliphatic rings. The quantitative estimate of drug-likeness (QED) is 0.184. The van der Waals surface area contributed by atoms with Crippen LogP contribution in [0.3, 0.4) is 0 Å². The molecule has 0 saturated carbocycles. The maximum atomic E-state index is 2.37. The number of para-hydroxylation sites is 2. The third-order valence-electron chi connectivity index (χ3n) is 9.71. The lowest BCUT2D eigenvalue weighted by atomic mass is 9.67. The van der Waals surface area contributed by atoms with Crippen LogP contribution in [0.2, 0.25) is 0 Å². The summed E-state index contributed by atoms with van der Waals surface area (Å²) in [4.78, 5) is 2.30. The molecule has 2 heteroatoms. The lowest BCUT2D eigenvalue weighted by Gasteiger charge is -2.33. The Morgan fingerprint density at radius 3 is 1.51 bits per heavy atom. The Hall–Kier alpha value is -6.12. The monoisotopic (exact) mass is 600 g/mol. The van der Waals surface area contributed by atoms with Crippen LogP contribution in [0.4, 0.5) is 17.1 Å². The second-order valence-electron chi connectivity index (χ2n) is 12.2. The largest absolute Gasteiger partial charge is 0.317 e. The smallest absolute Gasteiger partial charge is 0.0713 e. The van der Waals surface area contributed by atoms with Gasteiger partial charge in [-0.15, -0.1) is 0 Å². The fraction of sp³-hybridized carbons (Fsp3) is 0.0222. The number of anilines is 3. The number of fused-ring (bicyclic) bond motifs is 5. The Labute approximate surface area is 275 Å². The van der Waals surface area contributed by atoms with Gasteiger partial charge >= 0.3 is 0 Å². The van der Waals surface area contributed by atoms with Crippen LogP contribution in [0.1, 0.15) is 22.3 Å². The van der Waals surface area contributed by atoms with E-state index in [-0.39, 0.29) is 0 Å². The molecule has 47 heavy (non-hydrogen) atoms. The van der Waals surface area contributed by atoms with Crippen molar-refractivity contribution < 1.29 is 0 Å². The van der Waals surface area contributed by atoms with Gasteiger partial charge in [-0.2, -0.15) is 0 Å². The third kappa shape index (κ3) is 4.19. The van der Waals surface area contributed by atoms with Gasteiger partial charge in [0.05, 0.1) is 10.9 Å². The zero-order valence-electron chi connectivity index (χ0n) is 25.9. The molecule has 0 aliphatic heterocycles. The summed E-state index contributed by atoms with van der Waals surface area (Å²) in [6.45, 7) is 0. The first-order valence-electron chi connectivity index (χ1n) is 16.2. The summed E-state index contributed by atoms with van der Waals surface area (Å²) in [7, 11) is 0. The second-order valence-corrected chi connectivity index (χ2v) is 12.2. The summed E-state index contributed by atoms with van der Waals surface area (Å²) in [5.41, 5.74) is 13.2. The van der Waals surface area contributed by atoms with E-state index in [4.69, 9.17) is 0 Å². The van der Waals surface area contributed by atoms with Gasteiger partial charge in [0.25, 0.3) is 0 Å². The third-order valence-corrected chi connectivity index (χ3v) is 9.71. The molecule has 0 radical (unpaired) electrons. The molecule has 7 aromatic carbocycles. The maximum absolute atomic E-state index is 2.37. The van der Waals surface area contributed by atoms with E-state index in [1.165, 1.54) is 44.3 Å². The van der Waals surface area contributed by atoms with Crippen LogP contribution in [0.15, 0.2) is 194 Å². The fourth-order valence-electron chi connectivity index (χ4n) is 7.75. The molecule has 1 heterocycles. The highest BCUT2D eigenvalue weighted by molar-refractivity contribution is 6.03. The Bertz CT molecular complexity index is 2240. The van der Waals surface area contributed by atoms with Crippen molar-refractivity contribution in [3.63, 3.8) is 0 Å². The first kappa shape index (κ1) is 27.2. The molecule has 1 aliphatic carbocycles. The highest BCUT2D eigenvalue weighted by atomic mass is 15.1. The Morgan fingerprint density at radius 2 is 0.915 bits per heavy atom. The van der Waals surface area contributed by atoms with Crippen molar-refractivity contribution in [2.45, 2.75) is 5.41 Å². The summed E-state index contributed by atoms with van der Waals surface area (Å²) in [5, 5.41) is 1.27. The van der Waals surface area contributed by atoms with E-state index in [0.29, 0.717) is 0 Å². The van der Waals surface area contributed by atoms with Gasteiger partial charge in [0, 0.05) is 34.3 Å². The summed E-state index contributed by atoms with van der Waals surface area (Å²) >= 11 is 0. The Balaban J connectivity index is 1.20. The van der Waals surface area contributed by atoms with Crippen LogP contribution in [-0.4, -0.2) is 4.57 Å². The van der Waals surface area contributed by atoms with Crippen LogP contribution in [0.5, 0.6) is 0 Å². The minimum atomic E-state index is -0.398. The molecular weight excluding hydrogens is 569 g/mol. The van der Waals surface area contributed by atoms with Crippen molar-refractivity contribution in [3.05, 3.63) is 217 Å². The average Bonchev–Trinajstić information content (AvgIpc) is 3.72. The molecule has 2 nitrogen and oxygen atoms in total. The molecule has 222 valence electrons. The maximum Gasteiger partial charge on any atom is 0.0713 e. The van der Waals surface area contributed by atoms with Crippen LogP contribution in [-0.2, 0) is 5.41 Å². The Kier molecular flexibility index (Phi) is 6.39. The molecule has 0 bridgehead atoms. The zero-order valence-corrected chi connectivity index (χ0v) is 25.9. The van der Waals surface area contributed by atoms with Crippen LogP contribution in [0, 0.1) is 0 Å².